The molecule has 1 heterocycles. The van der Waals surface area contributed by atoms with Gasteiger partial charge >= 0.3 is 5.97 Å². The van der Waals surface area contributed by atoms with Crippen molar-refractivity contribution in [2.24, 2.45) is 0 Å². The quantitative estimate of drug-likeness (QED) is 0.266. The molecule has 0 aliphatic carbocycles. The lowest BCUT2D eigenvalue weighted by Crippen LogP contribution is -2.41. The van der Waals surface area contributed by atoms with Crippen LogP contribution in [0.15, 0.2) is 72.8 Å². The number of carbonyl (C=O) groups excluding carboxylic acids is 1. The SMILES string of the molecule is CO[C@H]1C[C@H](COCc2ccccc2)N(Cc2ccc(C(=O)N[C@@H](CCSC)C(=O)O)c(-c3ccccc3C)c2)C1. The van der Waals surface area contributed by atoms with Gasteiger partial charge in [-0.2, -0.15) is 11.8 Å². The van der Waals surface area contributed by atoms with Gasteiger partial charge in [-0.05, 0) is 71.7 Å². The lowest BCUT2D eigenvalue weighted by Gasteiger charge is -2.25. The Morgan fingerprint density at radius 3 is 2.51 bits per heavy atom. The van der Waals surface area contributed by atoms with Gasteiger partial charge in [-0.1, -0.05) is 60.7 Å². The first kappa shape index (κ1) is 30.8. The fraction of sp³-hybridized carbons (Fsp3) is 0.394. The van der Waals surface area contributed by atoms with Crippen molar-refractivity contribution >= 4 is 23.6 Å². The molecule has 0 unspecified atom stereocenters. The number of aryl methyl sites for hydroxylation is 1. The van der Waals surface area contributed by atoms with Gasteiger partial charge in [0.2, 0.25) is 0 Å². The number of rotatable bonds is 14. The molecule has 1 amide bonds. The van der Waals surface area contributed by atoms with Gasteiger partial charge in [-0.15, -0.1) is 0 Å². The van der Waals surface area contributed by atoms with Crippen LogP contribution in [0.25, 0.3) is 11.1 Å². The predicted octanol–water partition coefficient (Wildman–Crippen LogP) is 5.40. The van der Waals surface area contributed by atoms with E-state index in [-0.39, 0.29) is 18.1 Å². The summed E-state index contributed by atoms with van der Waals surface area (Å²) in [7, 11) is 1.75. The second-order valence-corrected chi connectivity index (χ2v) is 11.5. The number of benzene rings is 3. The van der Waals surface area contributed by atoms with E-state index >= 15 is 0 Å². The molecule has 4 rings (SSSR count). The Morgan fingerprint density at radius 2 is 1.80 bits per heavy atom. The normalized spacial score (nSPS) is 17.8. The van der Waals surface area contributed by atoms with Crippen molar-refractivity contribution in [2.45, 2.75) is 51.1 Å². The highest BCUT2D eigenvalue weighted by molar-refractivity contribution is 7.98. The summed E-state index contributed by atoms with van der Waals surface area (Å²) in [5, 5.41) is 12.4. The number of carboxylic acids is 1. The van der Waals surface area contributed by atoms with Crippen LogP contribution in [-0.4, -0.2) is 72.3 Å². The third kappa shape index (κ3) is 8.42. The molecule has 1 fully saturated rings. The van der Waals surface area contributed by atoms with Crippen LogP contribution in [0.5, 0.6) is 0 Å². The summed E-state index contributed by atoms with van der Waals surface area (Å²) in [5.74, 6) is -0.755. The highest BCUT2D eigenvalue weighted by Gasteiger charge is 2.32. The van der Waals surface area contributed by atoms with Crippen molar-refractivity contribution in [3.8, 4) is 11.1 Å². The van der Waals surface area contributed by atoms with Gasteiger partial charge < -0.3 is 19.9 Å². The van der Waals surface area contributed by atoms with Crippen LogP contribution >= 0.6 is 11.8 Å². The van der Waals surface area contributed by atoms with Gasteiger partial charge in [0.25, 0.3) is 5.91 Å². The average Bonchev–Trinajstić information content (AvgIpc) is 3.37. The van der Waals surface area contributed by atoms with Gasteiger partial charge in [0.05, 0.1) is 19.3 Å². The molecule has 1 saturated heterocycles. The van der Waals surface area contributed by atoms with Crippen molar-refractivity contribution in [3.05, 3.63) is 95.1 Å². The number of ether oxygens (including phenoxy) is 2. The lowest BCUT2D eigenvalue weighted by atomic mass is 9.93. The Labute approximate surface area is 247 Å². The minimum atomic E-state index is -1.02. The fourth-order valence-electron chi connectivity index (χ4n) is 5.31. The van der Waals surface area contributed by atoms with E-state index in [2.05, 4.69) is 28.4 Å². The molecule has 0 radical (unpaired) electrons. The van der Waals surface area contributed by atoms with Crippen molar-refractivity contribution in [3.63, 3.8) is 0 Å². The summed E-state index contributed by atoms with van der Waals surface area (Å²) < 4.78 is 11.8. The number of aliphatic carboxylic acids is 1. The maximum atomic E-state index is 13.4. The highest BCUT2D eigenvalue weighted by Crippen LogP contribution is 2.30. The second kappa shape index (κ2) is 15.2. The molecular formula is C33H40N2O5S. The summed E-state index contributed by atoms with van der Waals surface area (Å²) in [5.41, 5.74) is 5.49. The number of likely N-dealkylation sites (tertiary alicyclic amines) is 1. The van der Waals surface area contributed by atoms with Crippen LogP contribution in [0.2, 0.25) is 0 Å². The molecule has 0 bridgehead atoms. The lowest BCUT2D eigenvalue weighted by molar-refractivity contribution is -0.139. The molecule has 2 N–H and O–H groups in total. The zero-order chi connectivity index (χ0) is 29.2. The van der Waals surface area contributed by atoms with E-state index in [4.69, 9.17) is 9.47 Å². The Morgan fingerprint density at radius 1 is 1.05 bits per heavy atom. The molecule has 0 spiro atoms. The zero-order valence-electron chi connectivity index (χ0n) is 24.0. The smallest absolute Gasteiger partial charge is 0.326 e. The summed E-state index contributed by atoms with van der Waals surface area (Å²) in [4.78, 5) is 27.6. The third-order valence-corrected chi connectivity index (χ3v) is 8.25. The monoisotopic (exact) mass is 576 g/mol. The molecule has 0 saturated carbocycles. The van der Waals surface area contributed by atoms with Crippen LogP contribution < -0.4 is 5.32 Å². The molecular weight excluding hydrogens is 536 g/mol. The Balaban J connectivity index is 1.55. The van der Waals surface area contributed by atoms with E-state index in [1.54, 1.807) is 18.9 Å². The number of carbonyl (C=O) groups is 2. The Hall–Kier alpha value is -3.17. The molecule has 41 heavy (non-hydrogen) atoms. The van der Waals surface area contributed by atoms with E-state index in [0.29, 0.717) is 37.5 Å². The second-order valence-electron chi connectivity index (χ2n) is 10.5. The molecule has 3 atom stereocenters. The minimum absolute atomic E-state index is 0.135. The van der Waals surface area contributed by atoms with Crippen molar-refractivity contribution in [2.75, 3.05) is 32.3 Å². The Kier molecular flexibility index (Phi) is 11.4. The van der Waals surface area contributed by atoms with Crippen LogP contribution in [0, 0.1) is 6.92 Å². The number of hydrogen-bond donors (Lipinski definition) is 2. The summed E-state index contributed by atoms with van der Waals surface area (Å²) >= 11 is 1.56. The topological polar surface area (TPSA) is 88.1 Å². The van der Waals surface area contributed by atoms with E-state index in [1.807, 2.05) is 67.8 Å². The van der Waals surface area contributed by atoms with E-state index in [0.717, 1.165) is 40.8 Å². The first-order valence-corrected chi connectivity index (χ1v) is 15.4. The summed E-state index contributed by atoms with van der Waals surface area (Å²) in [6, 6.07) is 23.3. The van der Waals surface area contributed by atoms with Gasteiger partial charge in [-0.3, -0.25) is 9.69 Å². The molecule has 218 valence electrons. The molecule has 1 aliphatic rings. The average molecular weight is 577 g/mol. The molecule has 0 aromatic heterocycles. The first-order chi connectivity index (χ1) is 19.9. The van der Waals surface area contributed by atoms with Gasteiger partial charge in [-0.25, -0.2) is 4.79 Å². The molecule has 3 aromatic rings. The number of nitrogens with zero attached hydrogens (tertiary/aromatic N) is 1. The van der Waals surface area contributed by atoms with Crippen molar-refractivity contribution in [1.82, 2.24) is 10.2 Å². The first-order valence-electron chi connectivity index (χ1n) is 14.0. The standard InChI is InChI=1S/C33H40N2O5S/c1-23-9-7-8-12-28(23)30-17-25(13-14-29(30)32(36)34-31(33(37)38)15-16-41-3)19-35-20-27(39-2)18-26(35)22-40-21-24-10-5-4-6-11-24/h4-14,17,26-27,31H,15-16,18-22H2,1-3H3,(H,34,36)(H,37,38)/t26-,27+,31+/m1/s1. The zero-order valence-corrected chi connectivity index (χ0v) is 24.9. The summed E-state index contributed by atoms with van der Waals surface area (Å²) in [6.07, 6.45) is 3.31. The largest absolute Gasteiger partial charge is 0.480 e. The molecule has 1 aliphatic heterocycles. The fourth-order valence-corrected chi connectivity index (χ4v) is 5.78. The summed E-state index contributed by atoms with van der Waals surface area (Å²) in [6.45, 7) is 4.68. The number of methoxy groups -OCH3 is 1. The third-order valence-electron chi connectivity index (χ3n) is 7.61. The minimum Gasteiger partial charge on any atom is -0.480 e. The number of nitrogens with one attached hydrogen (secondary N) is 1. The van der Waals surface area contributed by atoms with Crippen LogP contribution in [0.4, 0.5) is 0 Å². The highest BCUT2D eigenvalue weighted by atomic mass is 32.2. The molecule has 7 nitrogen and oxygen atoms in total. The van der Waals surface area contributed by atoms with Gasteiger partial charge in [0.15, 0.2) is 0 Å². The number of hydrogen-bond acceptors (Lipinski definition) is 6. The number of carboxylic acid groups (broad SMARTS) is 1. The van der Waals surface area contributed by atoms with Gasteiger partial charge in [0.1, 0.15) is 6.04 Å². The predicted molar refractivity (Wildman–Crippen MR) is 164 cm³/mol. The van der Waals surface area contributed by atoms with Crippen LogP contribution in [0.1, 0.15) is 39.9 Å². The maximum Gasteiger partial charge on any atom is 0.326 e. The number of amides is 1. The van der Waals surface area contributed by atoms with E-state index in [9.17, 15) is 14.7 Å². The molecule has 3 aromatic carbocycles. The Bertz CT molecular complexity index is 1300. The number of thioether (sulfide) groups is 1. The van der Waals surface area contributed by atoms with Gasteiger partial charge in [0, 0.05) is 31.8 Å². The van der Waals surface area contributed by atoms with Crippen LogP contribution in [0.3, 0.4) is 0 Å². The molecule has 8 heteroatoms. The van der Waals surface area contributed by atoms with Crippen molar-refractivity contribution in [1.29, 1.82) is 0 Å². The van der Waals surface area contributed by atoms with Crippen molar-refractivity contribution < 1.29 is 24.2 Å². The van der Waals surface area contributed by atoms with E-state index < -0.39 is 12.0 Å². The van der Waals surface area contributed by atoms with E-state index in [1.165, 1.54) is 0 Å². The van der Waals surface area contributed by atoms with Crippen LogP contribution in [-0.2, 0) is 27.4 Å². The maximum absolute atomic E-state index is 13.4.